The summed E-state index contributed by atoms with van der Waals surface area (Å²) in [6, 6.07) is 17.3. The van der Waals surface area contributed by atoms with E-state index in [0.717, 1.165) is 22.5 Å². The summed E-state index contributed by atoms with van der Waals surface area (Å²) in [6.07, 6.45) is 4.35. The highest BCUT2D eigenvalue weighted by molar-refractivity contribution is 6.01. The highest BCUT2D eigenvalue weighted by Crippen LogP contribution is 2.28. The first kappa shape index (κ1) is 16.1. The summed E-state index contributed by atoms with van der Waals surface area (Å²) < 4.78 is 1.99. The van der Waals surface area contributed by atoms with Crippen LogP contribution in [0.15, 0.2) is 67.0 Å². The third kappa shape index (κ3) is 2.99. The number of aromatic nitrogens is 1. The average molecular weight is 345 g/mol. The summed E-state index contributed by atoms with van der Waals surface area (Å²) in [4.78, 5) is 25.8. The third-order valence-corrected chi connectivity index (χ3v) is 4.71. The van der Waals surface area contributed by atoms with Gasteiger partial charge in [-0.05, 0) is 53.6 Å². The Kier molecular flexibility index (Phi) is 4.05. The minimum absolute atomic E-state index is 0.101. The number of carbonyl (C=O) groups is 2. The molecule has 2 heterocycles. The SMILES string of the molecule is CN1C(=O)Cc2cc(CNC(=O)c3ccc(-n4cccc4)cc3)ccc21. The van der Waals surface area contributed by atoms with Gasteiger partial charge in [0.1, 0.15) is 0 Å². The lowest BCUT2D eigenvalue weighted by molar-refractivity contribution is -0.117. The smallest absolute Gasteiger partial charge is 0.251 e. The molecule has 0 bridgehead atoms. The Labute approximate surface area is 151 Å². The van der Waals surface area contributed by atoms with Gasteiger partial charge in [-0.15, -0.1) is 0 Å². The molecule has 1 aliphatic rings. The Bertz CT molecular complexity index is 959. The normalized spacial score (nSPS) is 13.0. The number of likely N-dealkylation sites (N-methyl/N-ethyl adjacent to an activating group) is 1. The molecule has 0 aliphatic carbocycles. The molecule has 4 rings (SSSR count). The van der Waals surface area contributed by atoms with Gasteiger partial charge in [0.2, 0.25) is 5.91 Å². The Morgan fingerprint density at radius 1 is 1.08 bits per heavy atom. The van der Waals surface area contributed by atoms with E-state index in [-0.39, 0.29) is 11.8 Å². The van der Waals surface area contributed by atoms with Crippen LogP contribution < -0.4 is 10.2 Å². The van der Waals surface area contributed by atoms with E-state index in [4.69, 9.17) is 0 Å². The molecule has 1 N–H and O–H groups in total. The highest BCUT2D eigenvalue weighted by atomic mass is 16.2. The predicted molar refractivity (Wildman–Crippen MR) is 100 cm³/mol. The molecular weight excluding hydrogens is 326 g/mol. The van der Waals surface area contributed by atoms with Crippen molar-refractivity contribution >= 4 is 17.5 Å². The van der Waals surface area contributed by atoms with E-state index >= 15 is 0 Å². The lowest BCUT2D eigenvalue weighted by Gasteiger charge is -2.11. The number of nitrogens with zero attached hydrogens (tertiary/aromatic N) is 2. The molecule has 3 aromatic rings. The molecule has 0 spiro atoms. The molecule has 1 aliphatic heterocycles. The maximum Gasteiger partial charge on any atom is 0.251 e. The van der Waals surface area contributed by atoms with Crippen LogP contribution >= 0.6 is 0 Å². The van der Waals surface area contributed by atoms with Crippen LogP contribution in [0.2, 0.25) is 0 Å². The zero-order valence-corrected chi connectivity index (χ0v) is 14.5. The second kappa shape index (κ2) is 6.52. The maximum atomic E-state index is 12.4. The molecule has 130 valence electrons. The molecule has 2 amide bonds. The van der Waals surface area contributed by atoms with Crippen molar-refractivity contribution in [2.75, 3.05) is 11.9 Å². The summed E-state index contributed by atoms with van der Waals surface area (Å²) >= 11 is 0. The third-order valence-electron chi connectivity index (χ3n) is 4.71. The van der Waals surface area contributed by atoms with Crippen LogP contribution in [0.1, 0.15) is 21.5 Å². The van der Waals surface area contributed by atoms with Gasteiger partial charge in [0.25, 0.3) is 5.91 Å². The lowest BCUT2D eigenvalue weighted by Crippen LogP contribution is -2.22. The van der Waals surface area contributed by atoms with Gasteiger partial charge in [0.05, 0.1) is 6.42 Å². The Balaban J connectivity index is 1.41. The maximum absolute atomic E-state index is 12.4. The van der Waals surface area contributed by atoms with Gasteiger partial charge < -0.3 is 14.8 Å². The fourth-order valence-electron chi connectivity index (χ4n) is 3.21. The second-order valence-corrected chi connectivity index (χ2v) is 6.41. The van der Waals surface area contributed by atoms with Gasteiger partial charge in [0, 0.05) is 42.9 Å². The standard InChI is InChI=1S/C21H19N3O2/c1-23-19-9-4-15(12-17(19)13-20(23)25)14-22-21(26)16-5-7-18(8-6-16)24-10-2-3-11-24/h2-12H,13-14H2,1H3,(H,22,26). The van der Waals surface area contributed by atoms with Crippen molar-refractivity contribution < 1.29 is 9.59 Å². The molecule has 26 heavy (non-hydrogen) atoms. The number of hydrogen-bond acceptors (Lipinski definition) is 2. The van der Waals surface area contributed by atoms with Crippen molar-refractivity contribution in [3.8, 4) is 5.69 Å². The van der Waals surface area contributed by atoms with E-state index in [2.05, 4.69) is 5.32 Å². The monoisotopic (exact) mass is 345 g/mol. The fourth-order valence-corrected chi connectivity index (χ4v) is 3.21. The summed E-state index contributed by atoms with van der Waals surface area (Å²) in [5.41, 5.74) is 4.59. The average Bonchev–Trinajstić information content (AvgIpc) is 3.29. The molecule has 1 aromatic heterocycles. The number of anilines is 1. The van der Waals surface area contributed by atoms with Crippen molar-refractivity contribution in [3.05, 3.63) is 83.7 Å². The predicted octanol–water partition coefficient (Wildman–Crippen LogP) is 2.93. The van der Waals surface area contributed by atoms with E-state index in [1.807, 2.05) is 71.6 Å². The van der Waals surface area contributed by atoms with E-state index in [0.29, 0.717) is 18.5 Å². The van der Waals surface area contributed by atoms with E-state index in [1.165, 1.54) is 0 Å². The van der Waals surface area contributed by atoms with Crippen LogP contribution in [-0.4, -0.2) is 23.4 Å². The molecule has 5 heteroatoms. The van der Waals surface area contributed by atoms with Crippen LogP contribution in [0, 0.1) is 0 Å². The van der Waals surface area contributed by atoms with E-state index in [1.54, 1.807) is 11.9 Å². The largest absolute Gasteiger partial charge is 0.348 e. The molecular formula is C21H19N3O2. The first-order chi connectivity index (χ1) is 12.6. The van der Waals surface area contributed by atoms with Crippen LogP contribution in [0.3, 0.4) is 0 Å². The molecule has 0 saturated heterocycles. The number of fused-ring (bicyclic) bond motifs is 1. The number of hydrogen-bond donors (Lipinski definition) is 1. The zero-order valence-electron chi connectivity index (χ0n) is 14.5. The van der Waals surface area contributed by atoms with Crippen molar-refractivity contribution in [1.29, 1.82) is 0 Å². The van der Waals surface area contributed by atoms with Gasteiger partial charge in [-0.2, -0.15) is 0 Å². The number of benzene rings is 2. The molecule has 5 nitrogen and oxygen atoms in total. The topological polar surface area (TPSA) is 54.3 Å². The van der Waals surface area contributed by atoms with Gasteiger partial charge in [-0.25, -0.2) is 0 Å². The van der Waals surface area contributed by atoms with Gasteiger partial charge >= 0.3 is 0 Å². The van der Waals surface area contributed by atoms with Gasteiger partial charge in [-0.1, -0.05) is 12.1 Å². The minimum atomic E-state index is -0.113. The van der Waals surface area contributed by atoms with Crippen molar-refractivity contribution in [2.24, 2.45) is 0 Å². The summed E-state index contributed by atoms with van der Waals surface area (Å²) in [7, 11) is 1.78. The summed E-state index contributed by atoms with van der Waals surface area (Å²) in [6.45, 7) is 0.434. The fraction of sp³-hybridized carbons (Fsp3) is 0.143. The van der Waals surface area contributed by atoms with Crippen LogP contribution in [0.25, 0.3) is 5.69 Å². The van der Waals surface area contributed by atoms with Crippen molar-refractivity contribution in [2.45, 2.75) is 13.0 Å². The number of carbonyl (C=O) groups excluding carboxylic acids is 2. The Morgan fingerprint density at radius 3 is 2.54 bits per heavy atom. The quantitative estimate of drug-likeness (QED) is 0.790. The summed E-state index contributed by atoms with van der Waals surface area (Å²) in [5, 5.41) is 2.94. The summed E-state index contributed by atoms with van der Waals surface area (Å²) in [5.74, 6) is -0.0123. The first-order valence-corrected chi connectivity index (χ1v) is 8.52. The minimum Gasteiger partial charge on any atom is -0.348 e. The Morgan fingerprint density at radius 2 is 1.81 bits per heavy atom. The van der Waals surface area contributed by atoms with Crippen molar-refractivity contribution in [1.82, 2.24) is 9.88 Å². The van der Waals surface area contributed by atoms with E-state index in [9.17, 15) is 9.59 Å². The molecule has 0 fully saturated rings. The van der Waals surface area contributed by atoms with Gasteiger partial charge in [-0.3, -0.25) is 9.59 Å². The van der Waals surface area contributed by atoms with E-state index < -0.39 is 0 Å². The van der Waals surface area contributed by atoms with Crippen LogP contribution in [0.4, 0.5) is 5.69 Å². The zero-order chi connectivity index (χ0) is 18.1. The number of amides is 2. The molecule has 0 radical (unpaired) electrons. The van der Waals surface area contributed by atoms with Crippen molar-refractivity contribution in [3.63, 3.8) is 0 Å². The first-order valence-electron chi connectivity index (χ1n) is 8.52. The molecule has 0 atom stereocenters. The molecule has 0 saturated carbocycles. The van der Waals surface area contributed by atoms with Crippen LogP contribution in [0.5, 0.6) is 0 Å². The molecule has 2 aromatic carbocycles. The second-order valence-electron chi connectivity index (χ2n) is 6.41. The van der Waals surface area contributed by atoms with Gasteiger partial charge in [0.15, 0.2) is 0 Å². The highest BCUT2D eigenvalue weighted by Gasteiger charge is 2.23. The number of nitrogens with one attached hydrogen (secondary N) is 1. The van der Waals surface area contributed by atoms with Crippen LogP contribution in [-0.2, 0) is 17.8 Å². The number of rotatable bonds is 4. The molecule has 0 unspecified atom stereocenters. The Hall–Kier alpha value is -3.34. The lowest BCUT2D eigenvalue weighted by atomic mass is 10.1.